The fraction of sp³-hybridized carbons (Fsp3) is 0.167. The Kier molecular flexibility index (Phi) is 6.15. The molecule has 0 aliphatic carbocycles. The summed E-state index contributed by atoms with van der Waals surface area (Å²) in [5, 5.41) is 32.7. The molecule has 0 heterocycles. The number of rotatable bonds is 7. The number of hydrogen-bond acceptors (Lipinski definition) is 5. The normalized spacial score (nSPS) is 10.2. The van der Waals surface area contributed by atoms with E-state index in [1.54, 1.807) is 0 Å². The molecule has 26 heavy (non-hydrogen) atoms. The lowest BCUT2D eigenvalue weighted by Crippen LogP contribution is -2.25. The maximum absolute atomic E-state index is 11.9. The lowest BCUT2D eigenvalue weighted by Gasteiger charge is -2.07. The van der Waals surface area contributed by atoms with E-state index in [1.165, 1.54) is 36.4 Å². The number of aromatic hydroxyl groups is 2. The van der Waals surface area contributed by atoms with E-state index in [4.69, 9.17) is 5.11 Å². The summed E-state index contributed by atoms with van der Waals surface area (Å²) in [6.07, 6.45) is 0.543. The van der Waals surface area contributed by atoms with Gasteiger partial charge in [0.2, 0.25) is 5.91 Å². The SMILES string of the molecule is O=C(CCCNC(=O)c1cc(O)cc(O)c1)Nc1ccc(C(=O)O)cc1. The van der Waals surface area contributed by atoms with Crippen molar-refractivity contribution in [3.63, 3.8) is 0 Å². The summed E-state index contributed by atoms with van der Waals surface area (Å²) in [6, 6.07) is 9.34. The third kappa shape index (κ3) is 5.52. The van der Waals surface area contributed by atoms with E-state index in [1.807, 2.05) is 0 Å². The summed E-state index contributed by atoms with van der Waals surface area (Å²) < 4.78 is 0. The van der Waals surface area contributed by atoms with Gasteiger partial charge in [0.15, 0.2) is 0 Å². The van der Waals surface area contributed by atoms with Crippen LogP contribution in [-0.2, 0) is 4.79 Å². The summed E-state index contributed by atoms with van der Waals surface area (Å²) in [7, 11) is 0. The second-order valence-electron chi connectivity index (χ2n) is 5.53. The zero-order valence-corrected chi connectivity index (χ0v) is 13.7. The number of hydrogen-bond donors (Lipinski definition) is 5. The summed E-state index contributed by atoms with van der Waals surface area (Å²) in [5.74, 6) is -2.22. The smallest absolute Gasteiger partial charge is 0.335 e. The molecule has 8 nitrogen and oxygen atoms in total. The zero-order valence-electron chi connectivity index (χ0n) is 13.7. The maximum Gasteiger partial charge on any atom is 0.335 e. The van der Waals surface area contributed by atoms with Crippen LogP contribution in [0.4, 0.5) is 5.69 Å². The van der Waals surface area contributed by atoms with E-state index >= 15 is 0 Å². The topological polar surface area (TPSA) is 136 Å². The van der Waals surface area contributed by atoms with Crippen molar-refractivity contribution in [1.82, 2.24) is 5.32 Å². The van der Waals surface area contributed by atoms with Crippen LogP contribution in [0.3, 0.4) is 0 Å². The Morgan fingerprint density at radius 2 is 1.50 bits per heavy atom. The second-order valence-corrected chi connectivity index (χ2v) is 5.53. The predicted octanol–water partition coefficient (Wildman–Crippen LogP) is 1.94. The summed E-state index contributed by atoms with van der Waals surface area (Å²) >= 11 is 0. The first-order chi connectivity index (χ1) is 12.3. The molecule has 0 aliphatic rings. The highest BCUT2D eigenvalue weighted by molar-refractivity contribution is 5.95. The van der Waals surface area contributed by atoms with Gasteiger partial charge in [0.05, 0.1) is 5.56 Å². The van der Waals surface area contributed by atoms with Gasteiger partial charge >= 0.3 is 5.97 Å². The van der Waals surface area contributed by atoms with Crippen molar-refractivity contribution in [3.05, 3.63) is 53.6 Å². The van der Waals surface area contributed by atoms with E-state index in [2.05, 4.69) is 10.6 Å². The average Bonchev–Trinajstić information content (AvgIpc) is 2.58. The van der Waals surface area contributed by atoms with Crippen LogP contribution in [0.1, 0.15) is 33.6 Å². The molecule has 0 aliphatic heterocycles. The molecule has 0 aromatic heterocycles. The number of phenols is 2. The van der Waals surface area contributed by atoms with Crippen molar-refractivity contribution < 1.29 is 29.7 Å². The molecule has 0 saturated carbocycles. The van der Waals surface area contributed by atoms with Crippen molar-refractivity contribution in [2.24, 2.45) is 0 Å². The van der Waals surface area contributed by atoms with Crippen LogP contribution in [-0.4, -0.2) is 39.6 Å². The predicted molar refractivity (Wildman–Crippen MR) is 93.4 cm³/mol. The van der Waals surface area contributed by atoms with Crippen LogP contribution >= 0.6 is 0 Å². The molecule has 2 amide bonds. The fourth-order valence-electron chi connectivity index (χ4n) is 2.20. The summed E-state index contributed by atoms with van der Waals surface area (Å²) in [6.45, 7) is 0.237. The molecule has 2 rings (SSSR count). The molecule has 0 radical (unpaired) electrons. The van der Waals surface area contributed by atoms with E-state index in [0.717, 1.165) is 6.07 Å². The average molecular weight is 358 g/mol. The largest absolute Gasteiger partial charge is 0.508 e. The van der Waals surface area contributed by atoms with Gasteiger partial charge in [0.1, 0.15) is 11.5 Å². The number of benzene rings is 2. The number of anilines is 1. The highest BCUT2D eigenvalue weighted by Crippen LogP contribution is 2.20. The first-order valence-electron chi connectivity index (χ1n) is 7.79. The van der Waals surface area contributed by atoms with E-state index < -0.39 is 11.9 Å². The number of nitrogens with one attached hydrogen (secondary N) is 2. The van der Waals surface area contributed by atoms with Gasteiger partial charge in [-0.25, -0.2) is 4.79 Å². The van der Waals surface area contributed by atoms with Gasteiger partial charge in [-0.1, -0.05) is 0 Å². The minimum atomic E-state index is -1.04. The molecule has 2 aromatic rings. The number of aromatic carboxylic acids is 1. The monoisotopic (exact) mass is 358 g/mol. The minimum absolute atomic E-state index is 0.116. The third-order valence-corrected chi connectivity index (χ3v) is 3.45. The fourth-order valence-corrected chi connectivity index (χ4v) is 2.20. The molecule has 8 heteroatoms. The van der Waals surface area contributed by atoms with Crippen LogP contribution in [0.5, 0.6) is 11.5 Å². The van der Waals surface area contributed by atoms with Gasteiger partial charge in [-0.2, -0.15) is 0 Å². The Balaban J connectivity index is 1.74. The van der Waals surface area contributed by atoms with Gasteiger partial charge in [0, 0.05) is 30.3 Å². The summed E-state index contributed by atoms with van der Waals surface area (Å²) in [5.41, 5.74) is 0.730. The quantitative estimate of drug-likeness (QED) is 0.480. The zero-order chi connectivity index (χ0) is 19.1. The Hall–Kier alpha value is -3.55. The first kappa shape index (κ1) is 18.8. The van der Waals surface area contributed by atoms with Crippen LogP contribution in [0.15, 0.2) is 42.5 Å². The van der Waals surface area contributed by atoms with Crippen molar-refractivity contribution in [2.75, 3.05) is 11.9 Å². The molecule has 0 fully saturated rings. The molecule has 136 valence electrons. The van der Waals surface area contributed by atoms with E-state index in [0.29, 0.717) is 12.1 Å². The van der Waals surface area contributed by atoms with Crippen molar-refractivity contribution in [3.8, 4) is 11.5 Å². The summed E-state index contributed by atoms with van der Waals surface area (Å²) in [4.78, 5) is 34.5. The van der Waals surface area contributed by atoms with Gasteiger partial charge in [0.25, 0.3) is 5.91 Å². The molecule has 0 unspecified atom stereocenters. The molecular formula is C18H18N2O6. The number of carboxylic acid groups (broad SMARTS) is 1. The molecule has 2 aromatic carbocycles. The van der Waals surface area contributed by atoms with E-state index in [-0.39, 0.29) is 41.5 Å². The molecule has 5 N–H and O–H groups in total. The lowest BCUT2D eigenvalue weighted by atomic mass is 10.2. The number of amides is 2. The second kappa shape index (κ2) is 8.52. The minimum Gasteiger partial charge on any atom is -0.508 e. The Bertz CT molecular complexity index is 797. The van der Waals surface area contributed by atoms with Crippen LogP contribution in [0.25, 0.3) is 0 Å². The standard InChI is InChI=1S/C18H18N2O6/c21-14-8-12(9-15(22)10-14)17(24)19-7-1-2-16(23)20-13-5-3-11(4-6-13)18(25)26/h3-6,8-10,21-22H,1-2,7H2,(H,19,24)(H,20,23)(H,25,26). The van der Waals surface area contributed by atoms with Crippen molar-refractivity contribution in [2.45, 2.75) is 12.8 Å². The molecular weight excluding hydrogens is 340 g/mol. The van der Waals surface area contributed by atoms with Crippen molar-refractivity contribution >= 4 is 23.5 Å². The number of carbonyl (C=O) groups is 3. The van der Waals surface area contributed by atoms with Gasteiger partial charge < -0.3 is 26.0 Å². The van der Waals surface area contributed by atoms with Crippen molar-refractivity contribution in [1.29, 1.82) is 0 Å². The number of phenolic OH excluding ortho intramolecular Hbond substituents is 2. The molecule has 0 atom stereocenters. The van der Waals surface area contributed by atoms with E-state index in [9.17, 15) is 24.6 Å². The Morgan fingerprint density at radius 1 is 0.885 bits per heavy atom. The number of carbonyl (C=O) groups excluding carboxylic acids is 2. The lowest BCUT2D eigenvalue weighted by molar-refractivity contribution is -0.116. The van der Waals surface area contributed by atoms with Crippen LogP contribution < -0.4 is 10.6 Å². The third-order valence-electron chi connectivity index (χ3n) is 3.45. The molecule has 0 bridgehead atoms. The highest BCUT2D eigenvalue weighted by atomic mass is 16.4. The van der Waals surface area contributed by atoms with Gasteiger partial charge in [-0.15, -0.1) is 0 Å². The van der Waals surface area contributed by atoms with Gasteiger partial charge in [-0.05, 0) is 42.8 Å². The first-order valence-corrected chi connectivity index (χ1v) is 7.79. The van der Waals surface area contributed by atoms with Gasteiger partial charge in [-0.3, -0.25) is 9.59 Å². The van der Waals surface area contributed by atoms with Crippen LogP contribution in [0.2, 0.25) is 0 Å². The molecule has 0 saturated heterocycles. The Morgan fingerprint density at radius 3 is 2.08 bits per heavy atom. The number of carboxylic acids is 1. The molecule has 0 spiro atoms. The Labute approximate surface area is 149 Å². The maximum atomic E-state index is 11.9. The highest BCUT2D eigenvalue weighted by Gasteiger charge is 2.09. The van der Waals surface area contributed by atoms with Crippen LogP contribution in [0, 0.1) is 0 Å².